The molecule has 0 radical (unpaired) electrons. The van der Waals surface area contributed by atoms with Gasteiger partial charge in [0.25, 0.3) is 0 Å². The molecular weight excluding hydrogens is 390 g/mol. The van der Waals surface area contributed by atoms with Crippen LogP contribution in [0.15, 0.2) is 54.7 Å². The zero-order valence-corrected chi connectivity index (χ0v) is 18.3. The first kappa shape index (κ1) is 22.0. The molecule has 0 unspecified atom stereocenters. The van der Waals surface area contributed by atoms with E-state index in [1.165, 1.54) is 11.0 Å². The lowest BCUT2D eigenvalue weighted by Gasteiger charge is -2.17. The molecule has 0 bridgehead atoms. The van der Waals surface area contributed by atoms with Gasteiger partial charge in [0.1, 0.15) is 5.69 Å². The maximum atomic E-state index is 12.4. The summed E-state index contributed by atoms with van der Waals surface area (Å²) in [6.45, 7) is 6.49. The minimum atomic E-state index is -0.287. The van der Waals surface area contributed by atoms with Gasteiger partial charge >= 0.3 is 0 Å². The Morgan fingerprint density at radius 1 is 1.10 bits per heavy atom. The number of aromatic nitrogens is 3. The van der Waals surface area contributed by atoms with Crippen molar-refractivity contribution >= 4 is 23.6 Å². The van der Waals surface area contributed by atoms with Gasteiger partial charge in [-0.2, -0.15) is 0 Å². The molecule has 0 saturated carbocycles. The van der Waals surface area contributed by atoms with Crippen LogP contribution in [-0.2, 0) is 16.1 Å². The van der Waals surface area contributed by atoms with Crippen LogP contribution in [0.1, 0.15) is 27.9 Å². The second-order valence-electron chi connectivity index (χ2n) is 7.68. The van der Waals surface area contributed by atoms with Gasteiger partial charge in [-0.1, -0.05) is 53.2 Å². The monoisotopic (exact) mass is 417 g/mol. The highest BCUT2D eigenvalue weighted by Crippen LogP contribution is 2.21. The zero-order valence-electron chi connectivity index (χ0n) is 18.3. The number of nitrogens with zero attached hydrogens (tertiary/aromatic N) is 4. The SMILES string of the molecule is Cc1cc(C)c(NC(=O)CN(C)C(=O)/C=C/c2cn(Cc3ccccc3)nn2)c(C)c1. The summed E-state index contributed by atoms with van der Waals surface area (Å²) in [5, 5.41) is 11.1. The molecule has 0 aliphatic carbocycles. The molecule has 2 aromatic carbocycles. The van der Waals surface area contributed by atoms with E-state index in [1.54, 1.807) is 24.0 Å². The molecule has 160 valence electrons. The Hall–Kier alpha value is -3.74. The Balaban J connectivity index is 1.54. The first-order valence-corrected chi connectivity index (χ1v) is 10.1. The van der Waals surface area contributed by atoms with Gasteiger partial charge in [-0.3, -0.25) is 9.59 Å². The number of carbonyl (C=O) groups is 2. The summed E-state index contributed by atoms with van der Waals surface area (Å²) in [6, 6.07) is 14.0. The predicted molar refractivity (Wildman–Crippen MR) is 122 cm³/mol. The number of benzene rings is 2. The van der Waals surface area contributed by atoms with Crippen molar-refractivity contribution in [1.29, 1.82) is 0 Å². The second-order valence-corrected chi connectivity index (χ2v) is 7.68. The quantitative estimate of drug-likeness (QED) is 0.598. The fraction of sp³-hybridized carbons (Fsp3) is 0.250. The van der Waals surface area contributed by atoms with Crippen molar-refractivity contribution in [3.63, 3.8) is 0 Å². The van der Waals surface area contributed by atoms with Crippen molar-refractivity contribution in [2.45, 2.75) is 27.3 Å². The van der Waals surface area contributed by atoms with Crippen LogP contribution < -0.4 is 5.32 Å². The van der Waals surface area contributed by atoms with Gasteiger partial charge in [0, 0.05) is 18.8 Å². The second kappa shape index (κ2) is 9.84. The van der Waals surface area contributed by atoms with Crippen LogP contribution in [0.25, 0.3) is 6.08 Å². The van der Waals surface area contributed by atoms with Crippen LogP contribution >= 0.6 is 0 Å². The Morgan fingerprint density at radius 2 is 1.77 bits per heavy atom. The van der Waals surface area contributed by atoms with E-state index < -0.39 is 0 Å². The minimum absolute atomic E-state index is 0.0450. The lowest BCUT2D eigenvalue weighted by Crippen LogP contribution is -2.34. The van der Waals surface area contributed by atoms with Crippen LogP contribution in [0.2, 0.25) is 0 Å². The van der Waals surface area contributed by atoms with Crippen molar-refractivity contribution in [1.82, 2.24) is 19.9 Å². The summed E-state index contributed by atoms with van der Waals surface area (Å²) >= 11 is 0. The van der Waals surface area contributed by atoms with E-state index >= 15 is 0 Å². The third-order valence-electron chi connectivity index (χ3n) is 4.84. The number of hydrogen-bond donors (Lipinski definition) is 1. The van der Waals surface area contributed by atoms with Gasteiger partial charge in [-0.15, -0.1) is 5.10 Å². The molecule has 0 aliphatic rings. The Bertz CT molecular complexity index is 1080. The molecule has 31 heavy (non-hydrogen) atoms. The van der Waals surface area contributed by atoms with E-state index in [1.807, 2.05) is 63.2 Å². The predicted octanol–water partition coefficient (Wildman–Crippen LogP) is 3.36. The number of carbonyl (C=O) groups excluding carboxylic acids is 2. The number of amides is 2. The topological polar surface area (TPSA) is 80.1 Å². The summed E-state index contributed by atoms with van der Waals surface area (Å²) in [7, 11) is 1.59. The van der Waals surface area contributed by atoms with Crippen LogP contribution in [0.5, 0.6) is 0 Å². The van der Waals surface area contributed by atoms with E-state index in [2.05, 4.69) is 15.6 Å². The molecule has 2 amide bonds. The Labute approximate surface area is 182 Å². The van der Waals surface area contributed by atoms with E-state index in [9.17, 15) is 9.59 Å². The highest BCUT2D eigenvalue weighted by atomic mass is 16.2. The maximum absolute atomic E-state index is 12.4. The summed E-state index contributed by atoms with van der Waals surface area (Å²) in [6.07, 6.45) is 4.76. The van der Waals surface area contributed by atoms with Crippen molar-refractivity contribution in [3.8, 4) is 0 Å². The molecule has 1 heterocycles. The number of anilines is 1. The molecule has 0 aliphatic heterocycles. The van der Waals surface area contributed by atoms with E-state index in [-0.39, 0.29) is 18.4 Å². The van der Waals surface area contributed by atoms with E-state index in [0.717, 1.165) is 27.9 Å². The third kappa shape index (κ3) is 6.12. The molecule has 3 aromatic rings. The molecule has 0 spiro atoms. The molecule has 7 nitrogen and oxygen atoms in total. The standard InChI is InChI=1S/C24H27N5O2/c1-17-12-18(2)24(19(3)13-17)25-22(30)16-28(4)23(31)11-10-21-15-29(27-26-21)14-20-8-6-5-7-9-20/h5-13,15H,14,16H2,1-4H3,(H,25,30)/b11-10+. The van der Waals surface area contributed by atoms with Crippen molar-refractivity contribution in [3.05, 3.63) is 82.7 Å². The molecule has 1 N–H and O–H groups in total. The number of likely N-dealkylation sites (N-methyl/N-ethyl adjacent to an activating group) is 1. The van der Waals surface area contributed by atoms with E-state index in [4.69, 9.17) is 0 Å². The minimum Gasteiger partial charge on any atom is -0.333 e. The number of rotatable bonds is 7. The smallest absolute Gasteiger partial charge is 0.246 e. The molecule has 3 rings (SSSR count). The largest absolute Gasteiger partial charge is 0.333 e. The maximum Gasteiger partial charge on any atom is 0.246 e. The van der Waals surface area contributed by atoms with Gasteiger partial charge in [-0.25, -0.2) is 4.68 Å². The van der Waals surface area contributed by atoms with Crippen LogP contribution in [0.3, 0.4) is 0 Å². The lowest BCUT2D eigenvalue weighted by molar-refractivity contribution is -0.129. The summed E-state index contributed by atoms with van der Waals surface area (Å²) in [5.41, 5.74) is 5.63. The van der Waals surface area contributed by atoms with Gasteiger partial charge in [-0.05, 0) is 43.5 Å². The molecule has 0 saturated heterocycles. The molecule has 1 aromatic heterocycles. The Morgan fingerprint density at radius 3 is 2.45 bits per heavy atom. The van der Waals surface area contributed by atoms with Crippen molar-refractivity contribution < 1.29 is 9.59 Å². The fourth-order valence-electron chi connectivity index (χ4n) is 3.37. The van der Waals surface area contributed by atoms with Crippen LogP contribution in [0, 0.1) is 20.8 Å². The molecular formula is C24H27N5O2. The fourth-order valence-corrected chi connectivity index (χ4v) is 3.37. The number of nitrogens with one attached hydrogen (secondary N) is 1. The highest BCUT2D eigenvalue weighted by Gasteiger charge is 2.13. The average molecular weight is 418 g/mol. The summed E-state index contributed by atoms with van der Waals surface area (Å²) in [5.74, 6) is -0.529. The van der Waals surface area contributed by atoms with Crippen molar-refractivity contribution in [2.75, 3.05) is 18.9 Å². The first-order valence-electron chi connectivity index (χ1n) is 10.1. The van der Waals surface area contributed by atoms with Crippen LogP contribution in [0.4, 0.5) is 5.69 Å². The average Bonchev–Trinajstić information content (AvgIpc) is 3.16. The molecule has 0 atom stereocenters. The van der Waals surface area contributed by atoms with Crippen molar-refractivity contribution in [2.24, 2.45) is 0 Å². The van der Waals surface area contributed by atoms with Gasteiger partial charge in [0.05, 0.1) is 19.3 Å². The molecule has 0 fully saturated rings. The lowest BCUT2D eigenvalue weighted by atomic mass is 10.1. The summed E-state index contributed by atoms with van der Waals surface area (Å²) in [4.78, 5) is 26.2. The molecule has 7 heteroatoms. The third-order valence-corrected chi connectivity index (χ3v) is 4.84. The summed E-state index contributed by atoms with van der Waals surface area (Å²) < 4.78 is 1.71. The highest BCUT2D eigenvalue weighted by molar-refractivity contribution is 5.98. The number of aryl methyl sites for hydroxylation is 3. The first-order chi connectivity index (χ1) is 14.8. The Kier molecular flexibility index (Phi) is 6.97. The zero-order chi connectivity index (χ0) is 22.4. The van der Waals surface area contributed by atoms with Gasteiger partial charge < -0.3 is 10.2 Å². The van der Waals surface area contributed by atoms with E-state index in [0.29, 0.717) is 12.2 Å². The van der Waals surface area contributed by atoms with Gasteiger partial charge in [0.2, 0.25) is 11.8 Å². The number of hydrogen-bond acceptors (Lipinski definition) is 4. The van der Waals surface area contributed by atoms with Crippen LogP contribution in [-0.4, -0.2) is 45.3 Å². The normalized spacial score (nSPS) is 11.0. The van der Waals surface area contributed by atoms with Gasteiger partial charge in [0.15, 0.2) is 0 Å².